The molecule has 8 heteroatoms. The van der Waals surface area contributed by atoms with E-state index in [1.807, 2.05) is 49.4 Å². The topological polar surface area (TPSA) is 74.1 Å². The van der Waals surface area contributed by atoms with Gasteiger partial charge in [-0.15, -0.1) is 11.3 Å². The van der Waals surface area contributed by atoms with Gasteiger partial charge in [0, 0.05) is 17.6 Å². The van der Waals surface area contributed by atoms with Crippen molar-refractivity contribution in [3.05, 3.63) is 52.6 Å². The second-order valence-electron chi connectivity index (χ2n) is 7.74. The van der Waals surface area contributed by atoms with Gasteiger partial charge in [-0.25, -0.2) is 4.99 Å². The molecule has 1 saturated heterocycles. The third-order valence-corrected chi connectivity index (χ3v) is 6.35. The standard InChI is InChI=1S/C24H25N3O4S/c1-2-29-18-8-6-17(7-9-18)25-24-27(13-19-4-3-11-30-19)21(15-32-24)16-5-10-22-20(12-16)26-23(28)14-31-22/h5-10,12,15,19H,2-4,11,13-14H2,1H3,(H,26,28). The Morgan fingerprint density at radius 1 is 1.25 bits per heavy atom. The maximum atomic E-state index is 11.8. The summed E-state index contributed by atoms with van der Waals surface area (Å²) in [7, 11) is 0. The van der Waals surface area contributed by atoms with Gasteiger partial charge in [0.2, 0.25) is 0 Å². The summed E-state index contributed by atoms with van der Waals surface area (Å²) in [4.78, 5) is 17.6. The van der Waals surface area contributed by atoms with E-state index in [0.717, 1.165) is 53.5 Å². The van der Waals surface area contributed by atoms with Crippen LogP contribution in [0.1, 0.15) is 19.8 Å². The van der Waals surface area contributed by atoms with Crippen molar-refractivity contribution in [1.29, 1.82) is 0 Å². The minimum absolute atomic E-state index is 0.0505. The number of nitrogens with one attached hydrogen (secondary N) is 1. The molecule has 2 aliphatic rings. The van der Waals surface area contributed by atoms with Crippen molar-refractivity contribution in [2.45, 2.75) is 32.4 Å². The normalized spacial score (nSPS) is 18.2. The molecule has 0 saturated carbocycles. The van der Waals surface area contributed by atoms with E-state index in [9.17, 15) is 4.79 Å². The molecule has 1 N–H and O–H groups in total. The molecule has 0 bridgehead atoms. The maximum absolute atomic E-state index is 11.8. The zero-order chi connectivity index (χ0) is 21.9. The number of hydrogen-bond donors (Lipinski definition) is 1. The second-order valence-corrected chi connectivity index (χ2v) is 8.57. The molecular formula is C24H25N3O4S. The van der Waals surface area contributed by atoms with Crippen LogP contribution in [0.2, 0.25) is 0 Å². The Labute approximate surface area is 190 Å². The maximum Gasteiger partial charge on any atom is 0.262 e. The molecule has 1 aromatic heterocycles. The first-order valence-corrected chi connectivity index (χ1v) is 11.7. The zero-order valence-corrected chi connectivity index (χ0v) is 18.7. The molecular weight excluding hydrogens is 426 g/mol. The number of anilines is 1. The number of ether oxygens (including phenoxy) is 3. The first-order chi connectivity index (χ1) is 15.7. The lowest BCUT2D eigenvalue weighted by atomic mass is 10.1. The Morgan fingerprint density at radius 2 is 2.12 bits per heavy atom. The van der Waals surface area contributed by atoms with E-state index in [2.05, 4.69) is 15.3 Å². The fourth-order valence-electron chi connectivity index (χ4n) is 3.95. The predicted octanol–water partition coefficient (Wildman–Crippen LogP) is 4.36. The number of carbonyl (C=O) groups is 1. The molecule has 0 spiro atoms. The lowest BCUT2D eigenvalue weighted by Crippen LogP contribution is -2.25. The van der Waals surface area contributed by atoms with Crippen LogP contribution in [0.4, 0.5) is 11.4 Å². The smallest absolute Gasteiger partial charge is 0.262 e. The lowest BCUT2D eigenvalue weighted by molar-refractivity contribution is -0.118. The van der Waals surface area contributed by atoms with Gasteiger partial charge in [0.1, 0.15) is 11.5 Å². The summed E-state index contributed by atoms with van der Waals surface area (Å²) >= 11 is 1.59. The summed E-state index contributed by atoms with van der Waals surface area (Å²) in [6.45, 7) is 4.19. The number of aromatic nitrogens is 1. The molecule has 1 fully saturated rings. The highest BCUT2D eigenvalue weighted by Crippen LogP contribution is 2.33. The monoisotopic (exact) mass is 451 g/mol. The number of thiazole rings is 1. The minimum Gasteiger partial charge on any atom is -0.494 e. The van der Waals surface area contributed by atoms with Crippen LogP contribution in [0.15, 0.2) is 52.8 Å². The quantitative estimate of drug-likeness (QED) is 0.604. The highest BCUT2D eigenvalue weighted by molar-refractivity contribution is 7.07. The van der Waals surface area contributed by atoms with Crippen LogP contribution in [-0.2, 0) is 16.1 Å². The molecule has 32 heavy (non-hydrogen) atoms. The van der Waals surface area contributed by atoms with Crippen LogP contribution in [0.5, 0.6) is 11.5 Å². The molecule has 5 rings (SSSR count). The Kier molecular flexibility index (Phi) is 5.96. The largest absolute Gasteiger partial charge is 0.494 e. The zero-order valence-electron chi connectivity index (χ0n) is 17.9. The molecule has 0 aliphatic carbocycles. The Bertz CT molecular complexity index is 1180. The fourth-order valence-corrected chi connectivity index (χ4v) is 4.89. The first kappa shape index (κ1) is 20.8. The summed E-state index contributed by atoms with van der Waals surface area (Å²) in [5, 5.41) is 5.00. The fraction of sp³-hybridized carbons (Fsp3) is 0.333. The van der Waals surface area contributed by atoms with E-state index in [-0.39, 0.29) is 18.6 Å². The number of carbonyl (C=O) groups excluding carboxylic acids is 1. The van der Waals surface area contributed by atoms with Gasteiger partial charge in [0.05, 0.1) is 36.3 Å². The minimum atomic E-state index is -0.140. The Balaban J connectivity index is 1.53. The number of nitrogens with zero attached hydrogens (tertiary/aromatic N) is 2. The van der Waals surface area contributed by atoms with Crippen LogP contribution < -0.4 is 19.6 Å². The molecule has 3 aromatic rings. The van der Waals surface area contributed by atoms with Crippen molar-refractivity contribution in [2.75, 3.05) is 25.1 Å². The van der Waals surface area contributed by atoms with Gasteiger partial charge in [-0.2, -0.15) is 0 Å². The van der Waals surface area contributed by atoms with Crippen LogP contribution >= 0.6 is 11.3 Å². The third-order valence-electron chi connectivity index (χ3n) is 5.49. The van der Waals surface area contributed by atoms with Crippen LogP contribution in [0.3, 0.4) is 0 Å². The van der Waals surface area contributed by atoms with E-state index in [1.165, 1.54) is 0 Å². The van der Waals surface area contributed by atoms with E-state index < -0.39 is 0 Å². The van der Waals surface area contributed by atoms with Gasteiger partial charge < -0.3 is 24.1 Å². The number of hydrogen-bond acceptors (Lipinski definition) is 6. The van der Waals surface area contributed by atoms with Gasteiger partial charge >= 0.3 is 0 Å². The molecule has 0 radical (unpaired) electrons. The van der Waals surface area contributed by atoms with Crippen molar-refractivity contribution in [3.8, 4) is 22.8 Å². The number of benzene rings is 2. The molecule has 1 amide bonds. The highest BCUT2D eigenvalue weighted by Gasteiger charge is 2.21. The molecule has 166 valence electrons. The highest BCUT2D eigenvalue weighted by atomic mass is 32.1. The van der Waals surface area contributed by atoms with Gasteiger partial charge in [0.25, 0.3) is 5.91 Å². The summed E-state index contributed by atoms with van der Waals surface area (Å²) in [6.07, 6.45) is 2.29. The summed E-state index contributed by atoms with van der Waals surface area (Å²) in [6, 6.07) is 13.7. The molecule has 2 aliphatic heterocycles. The number of rotatable bonds is 6. The number of fused-ring (bicyclic) bond motifs is 1. The molecule has 1 unspecified atom stereocenters. The van der Waals surface area contributed by atoms with Crippen molar-refractivity contribution in [2.24, 2.45) is 4.99 Å². The predicted molar refractivity (Wildman–Crippen MR) is 124 cm³/mol. The van der Waals surface area contributed by atoms with Crippen molar-refractivity contribution in [1.82, 2.24) is 4.57 Å². The Morgan fingerprint density at radius 3 is 2.91 bits per heavy atom. The third kappa shape index (κ3) is 4.42. The van der Waals surface area contributed by atoms with Crippen LogP contribution in [0.25, 0.3) is 11.3 Å². The average molecular weight is 452 g/mol. The molecule has 1 atom stereocenters. The van der Waals surface area contributed by atoms with Crippen molar-refractivity contribution in [3.63, 3.8) is 0 Å². The summed E-state index contributed by atoms with van der Waals surface area (Å²) in [5.74, 6) is 1.39. The summed E-state index contributed by atoms with van der Waals surface area (Å²) in [5.41, 5.74) is 3.60. The summed E-state index contributed by atoms with van der Waals surface area (Å²) < 4.78 is 19.2. The number of amides is 1. The molecule has 2 aromatic carbocycles. The van der Waals surface area contributed by atoms with E-state index in [1.54, 1.807) is 11.3 Å². The average Bonchev–Trinajstić information content (AvgIpc) is 3.46. The van der Waals surface area contributed by atoms with Crippen molar-refractivity contribution < 1.29 is 19.0 Å². The van der Waals surface area contributed by atoms with E-state index in [4.69, 9.17) is 19.2 Å². The van der Waals surface area contributed by atoms with Crippen molar-refractivity contribution >= 4 is 28.6 Å². The van der Waals surface area contributed by atoms with E-state index in [0.29, 0.717) is 18.0 Å². The Hall–Kier alpha value is -3.10. The SMILES string of the molecule is CCOc1ccc(N=c2scc(-c3ccc4c(c3)NC(=O)CO4)n2CC2CCCO2)cc1. The van der Waals surface area contributed by atoms with Gasteiger partial charge in [-0.05, 0) is 62.2 Å². The molecule has 7 nitrogen and oxygen atoms in total. The van der Waals surface area contributed by atoms with Crippen LogP contribution in [-0.4, -0.2) is 36.4 Å². The van der Waals surface area contributed by atoms with Gasteiger partial charge in [0.15, 0.2) is 11.4 Å². The first-order valence-electron chi connectivity index (χ1n) is 10.8. The second kappa shape index (κ2) is 9.18. The van der Waals surface area contributed by atoms with Gasteiger partial charge in [-0.3, -0.25) is 4.79 Å². The van der Waals surface area contributed by atoms with E-state index >= 15 is 0 Å². The van der Waals surface area contributed by atoms with Crippen LogP contribution in [0, 0.1) is 0 Å². The lowest BCUT2D eigenvalue weighted by Gasteiger charge is -2.19. The molecule has 3 heterocycles. The van der Waals surface area contributed by atoms with Gasteiger partial charge in [-0.1, -0.05) is 0 Å².